The summed E-state index contributed by atoms with van der Waals surface area (Å²) in [4.78, 5) is 23.0. The lowest BCUT2D eigenvalue weighted by Crippen LogP contribution is -2.08. The summed E-state index contributed by atoms with van der Waals surface area (Å²) in [5.74, 6) is 0.268. The van der Waals surface area contributed by atoms with Crippen molar-refractivity contribution >= 4 is 11.9 Å². The Hall–Kier alpha value is -2.62. The molecule has 0 fully saturated rings. The highest BCUT2D eigenvalue weighted by molar-refractivity contribution is 5.79. The van der Waals surface area contributed by atoms with E-state index in [1.807, 2.05) is 30.3 Å². The molecule has 0 bridgehead atoms. The number of carbonyl (C=O) groups is 2. The van der Waals surface area contributed by atoms with Gasteiger partial charge in [0.1, 0.15) is 11.5 Å². The highest BCUT2D eigenvalue weighted by Gasteiger charge is 2.12. The molecule has 0 atom stereocenters. The maximum absolute atomic E-state index is 11.6. The van der Waals surface area contributed by atoms with E-state index < -0.39 is 0 Å². The predicted molar refractivity (Wildman–Crippen MR) is 83.7 cm³/mol. The summed E-state index contributed by atoms with van der Waals surface area (Å²) in [6, 6.07) is 14.5. The van der Waals surface area contributed by atoms with Gasteiger partial charge >= 0.3 is 11.9 Å². The molecule has 22 heavy (non-hydrogen) atoms. The molecule has 0 N–H and O–H groups in total. The first kappa shape index (κ1) is 15.8. The normalized spacial score (nSPS) is 10.1. The Kier molecular flexibility index (Phi) is 5.31. The summed E-state index contributed by atoms with van der Waals surface area (Å²) in [5, 5.41) is 0. The van der Waals surface area contributed by atoms with Crippen molar-refractivity contribution in [3.63, 3.8) is 0 Å². The minimum absolute atomic E-state index is 0.292. The standard InChI is InChI=1S/C18H18O4/c1-3-17(19)21-14-10-11-16(22-18(20)4-2)15(12-14)13-8-6-5-7-9-13/h5-12H,3-4H2,1-2H3. The Balaban J connectivity index is 2.41. The van der Waals surface area contributed by atoms with Crippen molar-refractivity contribution in [2.45, 2.75) is 26.7 Å². The van der Waals surface area contributed by atoms with Crippen LogP contribution in [0.2, 0.25) is 0 Å². The second-order valence-corrected chi connectivity index (χ2v) is 4.68. The van der Waals surface area contributed by atoms with Gasteiger partial charge in [0.25, 0.3) is 0 Å². The zero-order valence-electron chi connectivity index (χ0n) is 12.7. The van der Waals surface area contributed by atoms with Gasteiger partial charge in [-0.3, -0.25) is 9.59 Å². The molecule has 0 aliphatic rings. The van der Waals surface area contributed by atoms with Crippen molar-refractivity contribution in [3.05, 3.63) is 48.5 Å². The fourth-order valence-corrected chi connectivity index (χ4v) is 1.90. The number of ether oxygens (including phenoxy) is 2. The Bertz CT molecular complexity index is 662. The van der Waals surface area contributed by atoms with Gasteiger partial charge in [-0.2, -0.15) is 0 Å². The highest BCUT2D eigenvalue weighted by Crippen LogP contribution is 2.33. The minimum Gasteiger partial charge on any atom is -0.427 e. The lowest BCUT2D eigenvalue weighted by Gasteiger charge is -2.12. The molecule has 0 aliphatic carbocycles. The van der Waals surface area contributed by atoms with Crippen LogP contribution in [0.3, 0.4) is 0 Å². The van der Waals surface area contributed by atoms with Crippen LogP contribution in [0.1, 0.15) is 26.7 Å². The summed E-state index contributed by atoms with van der Waals surface area (Å²) < 4.78 is 10.6. The molecule has 0 aromatic heterocycles. The largest absolute Gasteiger partial charge is 0.427 e. The van der Waals surface area contributed by atoms with Gasteiger partial charge in [-0.25, -0.2) is 0 Å². The molecule has 4 heteroatoms. The third kappa shape index (κ3) is 3.95. The van der Waals surface area contributed by atoms with E-state index in [4.69, 9.17) is 9.47 Å². The third-order valence-corrected chi connectivity index (χ3v) is 3.07. The highest BCUT2D eigenvalue weighted by atomic mass is 16.5. The van der Waals surface area contributed by atoms with Gasteiger partial charge < -0.3 is 9.47 Å². The zero-order chi connectivity index (χ0) is 15.9. The molecule has 0 aliphatic heterocycles. The lowest BCUT2D eigenvalue weighted by molar-refractivity contribution is -0.135. The number of benzene rings is 2. The molecule has 0 unspecified atom stereocenters. The lowest BCUT2D eigenvalue weighted by atomic mass is 10.0. The quantitative estimate of drug-likeness (QED) is 0.619. The molecule has 0 spiro atoms. The Labute approximate surface area is 129 Å². The zero-order valence-corrected chi connectivity index (χ0v) is 12.7. The Morgan fingerprint density at radius 3 is 2.14 bits per heavy atom. The second kappa shape index (κ2) is 7.41. The third-order valence-electron chi connectivity index (χ3n) is 3.07. The van der Waals surface area contributed by atoms with E-state index in [0.29, 0.717) is 29.9 Å². The molecule has 2 aromatic rings. The fraction of sp³-hybridized carbons (Fsp3) is 0.222. The van der Waals surface area contributed by atoms with Crippen molar-refractivity contribution in [2.75, 3.05) is 0 Å². The van der Waals surface area contributed by atoms with E-state index in [9.17, 15) is 9.59 Å². The molecule has 0 saturated heterocycles. The van der Waals surface area contributed by atoms with Crippen molar-refractivity contribution in [1.82, 2.24) is 0 Å². The van der Waals surface area contributed by atoms with E-state index in [2.05, 4.69) is 0 Å². The first-order chi connectivity index (χ1) is 10.6. The van der Waals surface area contributed by atoms with Gasteiger partial charge in [0, 0.05) is 18.4 Å². The fourth-order valence-electron chi connectivity index (χ4n) is 1.90. The van der Waals surface area contributed by atoms with Gasteiger partial charge in [-0.15, -0.1) is 0 Å². The monoisotopic (exact) mass is 298 g/mol. The molecule has 2 rings (SSSR count). The van der Waals surface area contributed by atoms with Gasteiger partial charge in [0.15, 0.2) is 0 Å². The number of rotatable bonds is 5. The van der Waals surface area contributed by atoms with Crippen LogP contribution in [-0.2, 0) is 9.59 Å². The smallest absolute Gasteiger partial charge is 0.310 e. The van der Waals surface area contributed by atoms with E-state index in [1.54, 1.807) is 32.0 Å². The van der Waals surface area contributed by atoms with Gasteiger partial charge in [0.05, 0.1) is 0 Å². The summed E-state index contributed by atoms with van der Waals surface area (Å²) in [6.07, 6.45) is 0.591. The Morgan fingerprint density at radius 2 is 1.50 bits per heavy atom. The van der Waals surface area contributed by atoms with E-state index >= 15 is 0 Å². The maximum Gasteiger partial charge on any atom is 0.310 e. The van der Waals surface area contributed by atoms with E-state index in [0.717, 1.165) is 5.56 Å². The van der Waals surface area contributed by atoms with Gasteiger partial charge in [-0.05, 0) is 23.8 Å². The number of esters is 2. The van der Waals surface area contributed by atoms with Crippen LogP contribution >= 0.6 is 0 Å². The van der Waals surface area contributed by atoms with Crippen LogP contribution < -0.4 is 9.47 Å². The molecule has 4 nitrogen and oxygen atoms in total. The van der Waals surface area contributed by atoms with Crippen LogP contribution in [0.5, 0.6) is 11.5 Å². The summed E-state index contributed by atoms with van der Waals surface area (Å²) in [6.45, 7) is 3.47. The first-order valence-electron chi connectivity index (χ1n) is 7.24. The maximum atomic E-state index is 11.6. The van der Waals surface area contributed by atoms with Crippen LogP contribution in [0.25, 0.3) is 11.1 Å². The molecule has 2 aromatic carbocycles. The van der Waals surface area contributed by atoms with Crippen molar-refractivity contribution in [2.24, 2.45) is 0 Å². The molecular weight excluding hydrogens is 280 g/mol. The molecular formula is C18H18O4. The number of hydrogen-bond acceptors (Lipinski definition) is 4. The molecule has 0 radical (unpaired) electrons. The predicted octanol–water partition coefficient (Wildman–Crippen LogP) is 3.98. The molecule has 0 heterocycles. The SMILES string of the molecule is CCC(=O)Oc1ccc(OC(=O)CC)c(-c2ccccc2)c1. The summed E-state index contributed by atoms with van der Waals surface area (Å²) in [7, 11) is 0. The number of hydrogen-bond donors (Lipinski definition) is 0. The van der Waals surface area contributed by atoms with Gasteiger partial charge in [0.2, 0.25) is 0 Å². The topological polar surface area (TPSA) is 52.6 Å². The van der Waals surface area contributed by atoms with Crippen molar-refractivity contribution in [1.29, 1.82) is 0 Å². The van der Waals surface area contributed by atoms with Crippen molar-refractivity contribution < 1.29 is 19.1 Å². The average Bonchev–Trinajstić information content (AvgIpc) is 2.56. The van der Waals surface area contributed by atoms with Crippen LogP contribution in [0, 0.1) is 0 Å². The summed E-state index contributed by atoms with van der Waals surface area (Å²) in [5.41, 5.74) is 1.60. The second-order valence-electron chi connectivity index (χ2n) is 4.68. The van der Waals surface area contributed by atoms with E-state index in [1.165, 1.54) is 0 Å². The first-order valence-corrected chi connectivity index (χ1v) is 7.24. The van der Waals surface area contributed by atoms with Crippen molar-refractivity contribution in [3.8, 4) is 22.6 Å². The van der Waals surface area contributed by atoms with E-state index in [-0.39, 0.29) is 11.9 Å². The molecule has 0 saturated carbocycles. The van der Waals surface area contributed by atoms with Crippen LogP contribution in [0.4, 0.5) is 0 Å². The molecule has 0 amide bonds. The van der Waals surface area contributed by atoms with Crippen LogP contribution in [-0.4, -0.2) is 11.9 Å². The summed E-state index contributed by atoms with van der Waals surface area (Å²) >= 11 is 0. The number of carbonyl (C=O) groups excluding carboxylic acids is 2. The van der Waals surface area contributed by atoms with Crippen LogP contribution in [0.15, 0.2) is 48.5 Å². The Morgan fingerprint density at radius 1 is 0.864 bits per heavy atom. The minimum atomic E-state index is -0.310. The molecule has 114 valence electrons. The van der Waals surface area contributed by atoms with Gasteiger partial charge in [-0.1, -0.05) is 44.2 Å². The average molecular weight is 298 g/mol.